The van der Waals surface area contributed by atoms with E-state index >= 15 is 0 Å². The van der Waals surface area contributed by atoms with Crippen LogP contribution in [-0.2, 0) is 0 Å². The van der Waals surface area contributed by atoms with E-state index in [0.29, 0.717) is 16.9 Å². The van der Waals surface area contributed by atoms with Gasteiger partial charge in [-0.15, -0.1) is 0 Å². The first kappa shape index (κ1) is 11.8. The van der Waals surface area contributed by atoms with Gasteiger partial charge in [0.15, 0.2) is 6.29 Å². The van der Waals surface area contributed by atoms with Crippen molar-refractivity contribution in [3.8, 4) is 11.1 Å². The average molecular weight is 249 g/mol. The van der Waals surface area contributed by atoms with Gasteiger partial charge < -0.3 is 0 Å². The smallest absolute Gasteiger partial charge is 0.151 e. The molecule has 0 aliphatic heterocycles. The number of benzene rings is 2. The van der Waals surface area contributed by atoms with E-state index in [0.717, 1.165) is 16.7 Å². The number of aldehydes is 1. The molecule has 0 unspecified atom stereocenters. The zero-order valence-corrected chi connectivity index (χ0v) is 9.96. The van der Waals surface area contributed by atoms with Crippen molar-refractivity contribution in [2.75, 3.05) is 0 Å². The van der Waals surface area contributed by atoms with E-state index in [1.54, 1.807) is 18.2 Å². The van der Waals surface area contributed by atoms with Crippen LogP contribution in [0.5, 0.6) is 0 Å². The number of hydrogen-bond acceptors (Lipinski definition) is 1. The molecule has 0 aromatic heterocycles. The van der Waals surface area contributed by atoms with E-state index in [-0.39, 0.29) is 5.82 Å². The van der Waals surface area contributed by atoms with Gasteiger partial charge in [0.1, 0.15) is 5.82 Å². The van der Waals surface area contributed by atoms with E-state index in [4.69, 9.17) is 11.6 Å². The Morgan fingerprint density at radius 2 is 1.94 bits per heavy atom. The third kappa shape index (κ3) is 2.37. The fourth-order valence-electron chi connectivity index (χ4n) is 1.75. The van der Waals surface area contributed by atoms with Gasteiger partial charge in [-0.2, -0.15) is 0 Å². The number of hydrogen-bond donors (Lipinski definition) is 0. The van der Waals surface area contributed by atoms with E-state index in [2.05, 4.69) is 0 Å². The van der Waals surface area contributed by atoms with Crippen LogP contribution in [0.2, 0.25) is 5.02 Å². The molecule has 0 aliphatic rings. The molecule has 1 nitrogen and oxygen atoms in total. The fourth-order valence-corrected chi connectivity index (χ4v) is 1.91. The van der Waals surface area contributed by atoms with E-state index < -0.39 is 0 Å². The van der Waals surface area contributed by atoms with Crippen LogP contribution in [0.1, 0.15) is 15.9 Å². The minimum absolute atomic E-state index is 0.268. The van der Waals surface area contributed by atoms with Crippen molar-refractivity contribution in [1.29, 1.82) is 0 Å². The maximum Gasteiger partial charge on any atom is 0.151 e. The number of carbonyl (C=O) groups is 1. The van der Waals surface area contributed by atoms with Gasteiger partial charge in [0.25, 0.3) is 0 Å². The lowest BCUT2D eigenvalue weighted by atomic mass is 9.99. The Morgan fingerprint density at radius 3 is 2.59 bits per heavy atom. The molecular weight excluding hydrogens is 239 g/mol. The summed E-state index contributed by atoms with van der Waals surface area (Å²) in [5.74, 6) is -0.268. The third-order valence-electron chi connectivity index (χ3n) is 2.62. The minimum Gasteiger partial charge on any atom is -0.298 e. The topological polar surface area (TPSA) is 17.1 Å². The van der Waals surface area contributed by atoms with E-state index in [9.17, 15) is 9.18 Å². The average Bonchev–Trinajstić information content (AvgIpc) is 2.30. The highest BCUT2D eigenvalue weighted by atomic mass is 35.5. The van der Waals surface area contributed by atoms with Gasteiger partial charge >= 0.3 is 0 Å². The van der Waals surface area contributed by atoms with Crippen LogP contribution in [-0.4, -0.2) is 6.29 Å². The normalized spacial score (nSPS) is 10.3. The van der Waals surface area contributed by atoms with Crippen molar-refractivity contribution >= 4 is 17.9 Å². The number of aryl methyl sites for hydroxylation is 1. The van der Waals surface area contributed by atoms with Crippen LogP contribution < -0.4 is 0 Å². The quantitative estimate of drug-likeness (QED) is 0.726. The first-order valence-corrected chi connectivity index (χ1v) is 5.51. The molecule has 0 radical (unpaired) electrons. The summed E-state index contributed by atoms with van der Waals surface area (Å²) in [5.41, 5.74) is 3.01. The van der Waals surface area contributed by atoms with Crippen LogP contribution in [0.25, 0.3) is 11.1 Å². The largest absolute Gasteiger partial charge is 0.298 e. The summed E-state index contributed by atoms with van der Waals surface area (Å²) in [4.78, 5) is 10.8. The van der Waals surface area contributed by atoms with Gasteiger partial charge in [0.2, 0.25) is 0 Å². The van der Waals surface area contributed by atoms with Crippen molar-refractivity contribution in [3.05, 3.63) is 58.4 Å². The van der Waals surface area contributed by atoms with Crippen molar-refractivity contribution in [3.63, 3.8) is 0 Å². The maximum absolute atomic E-state index is 13.0. The molecule has 0 bridgehead atoms. The Labute approximate surface area is 104 Å². The molecule has 0 N–H and O–H groups in total. The summed E-state index contributed by atoms with van der Waals surface area (Å²) in [6.07, 6.45) is 0.713. The molecule has 0 saturated carbocycles. The zero-order chi connectivity index (χ0) is 12.4. The maximum atomic E-state index is 13.0. The Morgan fingerprint density at radius 1 is 1.18 bits per heavy atom. The summed E-state index contributed by atoms with van der Waals surface area (Å²) >= 11 is 5.86. The lowest BCUT2D eigenvalue weighted by Crippen LogP contribution is -1.88. The van der Waals surface area contributed by atoms with Gasteiger partial charge in [-0.3, -0.25) is 4.79 Å². The molecule has 0 heterocycles. The van der Waals surface area contributed by atoms with Crippen LogP contribution >= 0.6 is 11.6 Å². The third-order valence-corrected chi connectivity index (χ3v) is 2.97. The number of rotatable bonds is 2. The Kier molecular flexibility index (Phi) is 3.25. The molecule has 0 fully saturated rings. The van der Waals surface area contributed by atoms with Crippen molar-refractivity contribution in [2.24, 2.45) is 0 Å². The fraction of sp³-hybridized carbons (Fsp3) is 0.0714. The van der Waals surface area contributed by atoms with Crippen LogP contribution in [0.15, 0.2) is 36.4 Å². The second kappa shape index (κ2) is 4.68. The van der Waals surface area contributed by atoms with Crippen LogP contribution in [0, 0.1) is 12.7 Å². The molecule has 2 aromatic carbocycles. The Bertz CT molecular complexity index is 578. The lowest BCUT2D eigenvalue weighted by Gasteiger charge is -2.07. The van der Waals surface area contributed by atoms with Crippen molar-refractivity contribution in [1.82, 2.24) is 0 Å². The lowest BCUT2D eigenvalue weighted by molar-refractivity contribution is 0.112. The molecule has 17 heavy (non-hydrogen) atoms. The molecule has 0 spiro atoms. The van der Waals surface area contributed by atoms with Gasteiger partial charge in [0.05, 0.1) is 5.02 Å². The second-order valence-electron chi connectivity index (χ2n) is 3.81. The van der Waals surface area contributed by atoms with Gasteiger partial charge in [-0.05, 0) is 47.9 Å². The highest BCUT2D eigenvalue weighted by Crippen LogP contribution is 2.27. The monoisotopic (exact) mass is 248 g/mol. The van der Waals surface area contributed by atoms with E-state index in [1.807, 2.05) is 13.0 Å². The molecule has 86 valence electrons. The van der Waals surface area contributed by atoms with Gasteiger partial charge in [0, 0.05) is 5.56 Å². The van der Waals surface area contributed by atoms with Gasteiger partial charge in [-0.25, -0.2) is 4.39 Å². The van der Waals surface area contributed by atoms with Crippen molar-refractivity contribution in [2.45, 2.75) is 6.92 Å². The highest BCUT2D eigenvalue weighted by Gasteiger charge is 2.06. The summed E-state index contributed by atoms with van der Waals surface area (Å²) < 4.78 is 13.0. The molecule has 0 atom stereocenters. The first-order chi connectivity index (χ1) is 8.11. The SMILES string of the molecule is Cc1cc(F)ccc1-c1ccc(Cl)c(C=O)c1. The highest BCUT2D eigenvalue weighted by molar-refractivity contribution is 6.33. The molecule has 2 aromatic rings. The first-order valence-electron chi connectivity index (χ1n) is 5.13. The Balaban J connectivity index is 2.56. The van der Waals surface area contributed by atoms with Crippen LogP contribution in [0.3, 0.4) is 0 Å². The molecule has 0 saturated heterocycles. The molecule has 2 rings (SSSR count). The molecule has 0 amide bonds. The summed E-state index contributed by atoms with van der Waals surface area (Å²) in [7, 11) is 0. The number of halogens is 2. The molecule has 0 aliphatic carbocycles. The zero-order valence-electron chi connectivity index (χ0n) is 9.21. The van der Waals surface area contributed by atoms with Gasteiger partial charge in [-0.1, -0.05) is 23.7 Å². The van der Waals surface area contributed by atoms with E-state index in [1.165, 1.54) is 12.1 Å². The van der Waals surface area contributed by atoms with Crippen molar-refractivity contribution < 1.29 is 9.18 Å². The Hall–Kier alpha value is -1.67. The molecular formula is C14H10ClFO. The second-order valence-corrected chi connectivity index (χ2v) is 4.22. The predicted molar refractivity (Wildman–Crippen MR) is 67.0 cm³/mol. The predicted octanol–water partition coefficient (Wildman–Crippen LogP) is 4.27. The number of carbonyl (C=O) groups excluding carboxylic acids is 1. The molecule has 3 heteroatoms. The summed E-state index contributed by atoms with van der Waals surface area (Å²) in [6.45, 7) is 1.83. The minimum atomic E-state index is -0.268. The van der Waals surface area contributed by atoms with Crippen LogP contribution in [0.4, 0.5) is 4.39 Å². The summed E-state index contributed by atoms with van der Waals surface area (Å²) in [5, 5.41) is 0.420. The summed E-state index contributed by atoms with van der Waals surface area (Å²) in [6, 6.07) is 9.75. The standard InChI is InChI=1S/C14H10ClFO/c1-9-6-12(16)3-4-13(9)10-2-5-14(15)11(7-10)8-17/h2-8H,1H3.